The highest BCUT2D eigenvalue weighted by molar-refractivity contribution is 7.99. The van der Waals surface area contributed by atoms with Crippen molar-refractivity contribution < 1.29 is 0 Å². The van der Waals surface area contributed by atoms with Crippen LogP contribution in [0.1, 0.15) is 32.1 Å². The molecule has 3 heteroatoms. The van der Waals surface area contributed by atoms with Crippen LogP contribution in [-0.4, -0.2) is 23.6 Å². The van der Waals surface area contributed by atoms with E-state index in [-0.39, 0.29) is 6.04 Å². The second-order valence-electron chi connectivity index (χ2n) is 4.38. The quantitative estimate of drug-likeness (QED) is 0.775. The molecule has 0 aromatic heterocycles. The maximum Gasteiger partial charge on any atom is 0.0991 e. The van der Waals surface area contributed by atoms with Gasteiger partial charge in [-0.05, 0) is 36.7 Å². The predicted molar refractivity (Wildman–Crippen MR) is 60.2 cm³/mol. The fourth-order valence-corrected chi connectivity index (χ4v) is 3.74. The number of hydrogen-bond acceptors (Lipinski definition) is 3. The van der Waals surface area contributed by atoms with E-state index in [0.29, 0.717) is 12.0 Å². The average Bonchev–Trinajstić information content (AvgIpc) is 2.86. The molecule has 0 spiro atoms. The third-order valence-electron chi connectivity index (χ3n) is 3.35. The molecule has 2 rings (SSSR count). The van der Waals surface area contributed by atoms with Crippen molar-refractivity contribution >= 4 is 11.8 Å². The Kier molecular flexibility index (Phi) is 3.72. The van der Waals surface area contributed by atoms with E-state index >= 15 is 0 Å². The Bertz CT molecular complexity index is 212. The van der Waals surface area contributed by atoms with E-state index in [9.17, 15) is 0 Å². The van der Waals surface area contributed by atoms with Crippen LogP contribution in [0.4, 0.5) is 0 Å². The molecule has 2 fully saturated rings. The molecule has 2 atom stereocenters. The summed E-state index contributed by atoms with van der Waals surface area (Å²) in [7, 11) is 0. The SMILES string of the molecule is N#CC(NC1CCCC1)C1CCSC1. The Morgan fingerprint density at radius 1 is 1.29 bits per heavy atom. The molecule has 0 aromatic carbocycles. The Balaban J connectivity index is 1.83. The summed E-state index contributed by atoms with van der Waals surface area (Å²) < 4.78 is 0. The van der Waals surface area contributed by atoms with E-state index in [1.807, 2.05) is 11.8 Å². The highest BCUT2D eigenvalue weighted by Gasteiger charge is 2.28. The van der Waals surface area contributed by atoms with Crippen LogP contribution in [0.5, 0.6) is 0 Å². The Hall–Kier alpha value is -0.200. The van der Waals surface area contributed by atoms with Gasteiger partial charge in [-0.2, -0.15) is 17.0 Å². The van der Waals surface area contributed by atoms with Crippen molar-refractivity contribution in [3.8, 4) is 6.07 Å². The van der Waals surface area contributed by atoms with Crippen molar-refractivity contribution in [1.29, 1.82) is 5.26 Å². The molecule has 1 saturated heterocycles. The Labute approximate surface area is 90.4 Å². The minimum absolute atomic E-state index is 0.119. The molecule has 14 heavy (non-hydrogen) atoms. The first kappa shape index (κ1) is 10.3. The molecular weight excluding hydrogens is 192 g/mol. The molecule has 1 aliphatic carbocycles. The summed E-state index contributed by atoms with van der Waals surface area (Å²) in [6, 6.07) is 3.19. The van der Waals surface area contributed by atoms with E-state index in [1.54, 1.807) is 0 Å². The number of nitrogens with zero attached hydrogens (tertiary/aromatic N) is 1. The van der Waals surface area contributed by atoms with Gasteiger partial charge >= 0.3 is 0 Å². The molecule has 2 unspecified atom stereocenters. The van der Waals surface area contributed by atoms with Crippen LogP contribution in [0.3, 0.4) is 0 Å². The largest absolute Gasteiger partial charge is 0.299 e. The summed E-state index contributed by atoms with van der Waals surface area (Å²) in [6.45, 7) is 0. The minimum atomic E-state index is 0.119. The zero-order valence-electron chi connectivity index (χ0n) is 8.54. The molecular formula is C11H18N2S. The standard InChI is InChI=1S/C11H18N2S/c12-7-11(9-5-6-14-8-9)13-10-3-1-2-4-10/h9-11,13H,1-6,8H2. The van der Waals surface area contributed by atoms with Gasteiger partial charge in [0.25, 0.3) is 0 Å². The molecule has 1 aliphatic heterocycles. The van der Waals surface area contributed by atoms with Crippen molar-refractivity contribution in [3.63, 3.8) is 0 Å². The second-order valence-corrected chi connectivity index (χ2v) is 5.53. The smallest absolute Gasteiger partial charge is 0.0991 e. The van der Waals surface area contributed by atoms with E-state index in [2.05, 4.69) is 11.4 Å². The first-order chi connectivity index (χ1) is 6.90. The van der Waals surface area contributed by atoms with Crippen LogP contribution < -0.4 is 5.32 Å². The molecule has 2 nitrogen and oxygen atoms in total. The minimum Gasteiger partial charge on any atom is -0.299 e. The Morgan fingerprint density at radius 3 is 2.64 bits per heavy atom. The normalized spacial score (nSPS) is 30.4. The van der Waals surface area contributed by atoms with Crippen molar-refractivity contribution in [2.45, 2.75) is 44.2 Å². The third kappa shape index (κ3) is 2.43. The van der Waals surface area contributed by atoms with Gasteiger partial charge in [0.1, 0.15) is 0 Å². The first-order valence-electron chi connectivity index (χ1n) is 5.63. The summed E-state index contributed by atoms with van der Waals surface area (Å²) in [5, 5.41) is 12.7. The van der Waals surface area contributed by atoms with E-state index in [1.165, 1.54) is 43.6 Å². The predicted octanol–water partition coefficient (Wildman–Crippen LogP) is 2.16. The van der Waals surface area contributed by atoms with Gasteiger partial charge in [-0.25, -0.2) is 0 Å². The van der Waals surface area contributed by atoms with Gasteiger partial charge in [0.2, 0.25) is 0 Å². The van der Waals surface area contributed by atoms with Crippen LogP contribution in [0.2, 0.25) is 0 Å². The number of nitrogens with one attached hydrogen (secondary N) is 1. The number of rotatable bonds is 3. The lowest BCUT2D eigenvalue weighted by Gasteiger charge is -2.21. The van der Waals surface area contributed by atoms with Gasteiger partial charge in [0.15, 0.2) is 0 Å². The van der Waals surface area contributed by atoms with Gasteiger partial charge in [-0.1, -0.05) is 12.8 Å². The number of hydrogen-bond donors (Lipinski definition) is 1. The lowest BCUT2D eigenvalue weighted by Crippen LogP contribution is -2.40. The highest BCUT2D eigenvalue weighted by atomic mass is 32.2. The fraction of sp³-hybridized carbons (Fsp3) is 0.909. The zero-order valence-corrected chi connectivity index (χ0v) is 9.35. The molecule has 0 radical (unpaired) electrons. The van der Waals surface area contributed by atoms with Crippen LogP contribution in [-0.2, 0) is 0 Å². The van der Waals surface area contributed by atoms with Crippen molar-refractivity contribution in [2.75, 3.05) is 11.5 Å². The highest BCUT2D eigenvalue weighted by Crippen LogP contribution is 2.27. The molecule has 2 aliphatic rings. The van der Waals surface area contributed by atoms with Crippen molar-refractivity contribution in [3.05, 3.63) is 0 Å². The Morgan fingerprint density at radius 2 is 2.07 bits per heavy atom. The molecule has 0 aromatic rings. The number of thioether (sulfide) groups is 1. The molecule has 78 valence electrons. The lowest BCUT2D eigenvalue weighted by molar-refractivity contribution is 0.395. The van der Waals surface area contributed by atoms with Gasteiger partial charge in [0.05, 0.1) is 12.1 Å². The molecule has 1 saturated carbocycles. The third-order valence-corrected chi connectivity index (χ3v) is 4.53. The summed E-state index contributed by atoms with van der Waals surface area (Å²) in [4.78, 5) is 0. The monoisotopic (exact) mass is 210 g/mol. The lowest BCUT2D eigenvalue weighted by atomic mass is 9.99. The van der Waals surface area contributed by atoms with Crippen LogP contribution in [0.25, 0.3) is 0 Å². The van der Waals surface area contributed by atoms with Crippen LogP contribution in [0.15, 0.2) is 0 Å². The maximum absolute atomic E-state index is 9.13. The molecule has 1 heterocycles. The molecule has 1 N–H and O–H groups in total. The molecule has 0 amide bonds. The van der Waals surface area contributed by atoms with E-state index < -0.39 is 0 Å². The summed E-state index contributed by atoms with van der Waals surface area (Å²) >= 11 is 1.99. The van der Waals surface area contributed by atoms with E-state index in [4.69, 9.17) is 5.26 Å². The van der Waals surface area contributed by atoms with Crippen molar-refractivity contribution in [2.24, 2.45) is 5.92 Å². The first-order valence-corrected chi connectivity index (χ1v) is 6.79. The summed E-state index contributed by atoms with van der Waals surface area (Å²) in [6.07, 6.45) is 6.46. The molecule has 0 bridgehead atoms. The van der Waals surface area contributed by atoms with E-state index in [0.717, 1.165) is 0 Å². The van der Waals surface area contributed by atoms with Crippen LogP contribution in [0, 0.1) is 17.2 Å². The van der Waals surface area contributed by atoms with Gasteiger partial charge < -0.3 is 0 Å². The summed E-state index contributed by atoms with van der Waals surface area (Å²) in [5.74, 6) is 3.03. The van der Waals surface area contributed by atoms with Gasteiger partial charge in [0, 0.05) is 6.04 Å². The van der Waals surface area contributed by atoms with Gasteiger partial charge in [-0.3, -0.25) is 5.32 Å². The second kappa shape index (κ2) is 5.04. The van der Waals surface area contributed by atoms with Crippen LogP contribution >= 0.6 is 11.8 Å². The number of nitriles is 1. The van der Waals surface area contributed by atoms with Gasteiger partial charge in [-0.15, -0.1) is 0 Å². The average molecular weight is 210 g/mol. The van der Waals surface area contributed by atoms with Crippen molar-refractivity contribution in [1.82, 2.24) is 5.32 Å². The zero-order chi connectivity index (χ0) is 9.80. The summed E-state index contributed by atoms with van der Waals surface area (Å²) in [5.41, 5.74) is 0. The maximum atomic E-state index is 9.13. The fourth-order valence-electron chi connectivity index (χ4n) is 2.44. The topological polar surface area (TPSA) is 35.8 Å².